The van der Waals surface area contributed by atoms with Gasteiger partial charge in [0.15, 0.2) is 0 Å². The Morgan fingerprint density at radius 3 is 2.07 bits per heavy atom. The molecule has 14 heteroatoms. The highest BCUT2D eigenvalue weighted by molar-refractivity contribution is 5.95. The number of piperazine rings is 1. The van der Waals surface area contributed by atoms with Crippen molar-refractivity contribution in [2.75, 3.05) is 45.8 Å². The summed E-state index contributed by atoms with van der Waals surface area (Å²) < 4.78 is 81.3. The topological polar surface area (TPSA) is 59.7 Å². The van der Waals surface area contributed by atoms with Crippen LogP contribution in [-0.2, 0) is 23.6 Å². The summed E-state index contributed by atoms with van der Waals surface area (Å²) in [5, 5.41) is 0.949. The van der Waals surface area contributed by atoms with E-state index in [-0.39, 0.29) is 49.1 Å². The van der Waals surface area contributed by atoms with E-state index in [9.17, 15) is 35.9 Å². The van der Waals surface area contributed by atoms with Crippen LogP contribution in [0.5, 0.6) is 0 Å². The number of carbonyl (C=O) groups is 2. The lowest BCUT2D eigenvalue weighted by Crippen LogP contribution is -2.56. The molecule has 3 aromatic rings. The summed E-state index contributed by atoms with van der Waals surface area (Å²) in [5.41, 5.74) is -1.82. The number of alkyl halides is 6. The van der Waals surface area contributed by atoms with Crippen LogP contribution >= 0.6 is 24.8 Å². The Balaban J connectivity index is 0.00000288. The molecule has 1 aromatic heterocycles. The lowest BCUT2D eigenvalue weighted by Gasteiger charge is -2.42. The molecule has 2 aliphatic heterocycles. The number of H-pyrrole nitrogens is 1. The van der Waals surface area contributed by atoms with Crippen LogP contribution in [0.3, 0.4) is 0 Å². The molecular weight excluding hydrogens is 657 g/mol. The van der Waals surface area contributed by atoms with Gasteiger partial charge in [0.05, 0.1) is 11.1 Å². The summed E-state index contributed by atoms with van der Waals surface area (Å²) >= 11 is 0. The third kappa shape index (κ3) is 8.96. The Bertz CT molecular complexity index is 1460. The van der Waals surface area contributed by atoms with Crippen molar-refractivity contribution in [3.05, 3.63) is 70.9 Å². The maximum absolute atomic E-state index is 13.7. The molecule has 6 nitrogen and oxygen atoms in total. The van der Waals surface area contributed by atoms with Gasteiger partial charge in [-0.2, -0.15) is 26.3 Å². The number of aromatic nitrogens is 1. The molecule has 0 unspecified atom stereocenters. The Labute approximate surface area is 276 Å². The average molecular weight is 696 g/mol. The van der Waals surface area contributed by atoms with Gasteiger partial charge >= 0.3 is 12.4 Å². The number of nitrogens with one attached hydrogen (secondary N) is 1. The van der Waals surface area contributed by atoms with Crippen LogP contribution < -0.4 is 0 Å². The van der Waals surface area contributed by atoms with Gasteiger partial charge in [-0.25, -0.2) is 0 Å². The van der Waals surface area contributed by atoms with Crippen molar-refractivity contribution in [3.8, 4) is 0 Å². The first kappa shape index (κ1) is 37.7. The Hall–Kier alpha value is -2.80. The molecule has 254 valence electrons. The van der Waals surface area contributed by atoms with E-state index in [1.807, 2.05) is 30.5 Å². The van der Waals surface area contributed by atoms with Gasteiger partial charge in [0.25, 0.3) is 5.91 Å². The van der Waals surface area contributed by atoms with E-state index >= 15 is 0 Å². The second-order valence-corrected chi connectivity index (χ2v) is 11.9. The van der Waals surface area contributed by atoms with Gasteiger partial charge < -0.3 is 14.8 Å². The minimum atomic E-state index is -5.04. The number of halogens is 8. The number of nitrogens with zero attached hydrogens (tertiary/aromatic N) is 3. The molecule has 5 rings (SSSR count). The summed E-state index contributed by atoms with van der Waals surface area (Å²) in [6, 6.07) is 8.22. The number of hydrogen-bond donors (Lipinski definition) is 1. The third-order valence-electron chi connectivity index (χ3n) is 8.90. The number of para-hydroxylation sites is 1. The summed E-state index contributed by atoms with van der Waals surface area (Å²) in [6.45, 7) is 6.03. The average Bonchev–Trinajstić information content (AvgIpc) is 3.39. The standard InChI is InChI=1S/C32H36F6N4O2.2ClH/c1-21(43)22-7-11-40(12-8-22)9-4-10-41-13-14-42(27(20-41)17-24-19-39-29-6-3-2-5-28(24)29)30(44)23-15-25(31(33,34)35)18-26(16-23)32(36,37)38;;/h2-3,5-6,15-16,18-19,22,27,39H,4,7-14,17,20H2,1H3;2*1H/t27-;;/m1../s1. The summed E-state index contributed by atoms with van der Waals surface area (Å²) in [6.07, 6.45) is -5.29. The molecule has 2 fully saturated rings. The molecule has 1 amide bonds. The second-order valence-electron chi connectivity index (χ2n) is 11.9. The maximum Gasteiger partial charge on any atom is 0.416 e. The van der Waals surface area contributed by atoms with Crippen molar-refractivity contribution >= 4 is 47.4 Å². The van der Waals surface area contributed by atoms with Crippen LogP contribution in [0.15, 0.2) is 48.7 Å². The molecule has 1 atom stereocenters. The lowest BCUT2D eigenvalue weighted by molar-refractivity contribution is -0.143. The molecule has 3 heterocycles. The van der Waals surface area contributed by atoms with E-state index < -0.39 is 41.0 Å². The zero-order valence-corrected chi connectivity index (χ0v) is 26.9. The maximum atomic E-state index is 13.7. The van der Waals surface area contributed by atoms with Gasteiger partial charge in [-0.1, -0.05) is 18.2 Å². The van der Waals surface area contributed by atoms with E-state index in [1.54, 1.807) is 6.92 Å². The monoisotopic (exact) mass is 694 g/mol. The van der Waals surface area contributed by atoms with Crippen molar-refractivity contribution in [3.63, 3.8) is 0 Å². The Morgan fingerprint density at radius 1 is 0.848 bits per heavy atom. The number of amides is 1. The highest BCUT2D eigenvalue weighted by Crippen LogP contribution is 2.37. The van der Waals surface area contributed by atoms with E-state index in [1.165, 1.54) is 4.90 Å². The number of aromatic amines is 1. The van der Waals surface area contributed by atoms with E-state index in [0.29, 0.717) is 31.6 Å². The van der Waals surface area contributed by atoms with Crippen molar-refractivity contribution in [1.82, 2.24) is 19.7 Å². The fraction of sp³-hybridized carbons (Fsp3) is 0.500. The number of Topliss-reactive ketones (excluding diaryl/α,β-unsaturated/α-hetero) is 1. The van der Waals surface area contributed by atoms with Gasteiger partial charge in [0.1, 0.15) is 5.78 Å². The third-order valence-corrected chi connectivity index (χ3v) is 8.90. The second kappa shape index (κ2) is 15.4. The predicted octanol–water partition coefficient (Wildman–Crippen LogP) is 7.11. The smallest absolute Gasteiger partial charge is 0.361 e. The lowest BCUT2D eigenvalue weighted by atomic mass is 9.93. The van der Waals surface area contributed by atoms with E-state index in [2.05, 4.69) is 14.8 Å². The molecule has 0 spiro atoms. The first-order valence-electron chi connectivity index (χ1n) is 14.9. The van der Waals surface area contributed by atoms with Crippen molar-refractivity contribution < 1.29 is 35.9 Å². The van der Waals surface area contributed by atoms with E-state index in [0.717, 1.165) is 61.9 Å². The molecule has 0 saturated carbocycles. The first-order chi connectivity index (χ1) is 20.8. The van der Waals surface area contributed by atoms with Gasteiger partial charge in [0.2, 0.25) is 0 Å². The van der Waals surface area contributed by atoms with Crippen LogP contribution in [0, 0.1) is 5.92 Å². The van der Waals surface area contributed by atoms with Crippen molar-refractivity contribution in [2.24, 2.45) is 5.92 Å². The zero-order chi connectivity index (χ0) is 31.6. The minimum Gasteiger partial charge on any atom is -0.361 e. The molecule has 46 heavy (non-hydrogen) atoms. The molecule has 2 aromatic carbocycles. The summed E-state index contributed by atoms with van der Waals surface area (Å²) in [7, 11) is 0. The van der Waals surface area contributed by atoms with Crippen molar-refractivity contribution in [2.45, 2.75) is 51.0 Å². The van der Waals surface area contributed by atoms with Crippen LogP contribution in [-0.4, -0.2) is 83.2 Å². The number of hydrogen-bond acceptors (Lipinski definition) is 4. The molecule has 1 N–H and O–H groups in total. The van der Waals surface area contributed by atoms with Crippen LogP contribution in [0.2, 0.25) is 0 Å². The molecule has 2 saturated heterocycles. The van der Waals surface area contributed by atoms with Crippen LogP contribution in [0.4, 0.5) is 26.3 Å². The number of ketones is 1. The number of carbonyl (C=O) groups excluding carboxylic acids is 2. The number of rotatable bonds is 8. The Morgan fingerprint density at radius 2 is 1.46 bits per heavy atom. The van der Waals surface area contributed by atoms with Gasteiger partial charge in [0, 0.05) is 54.3 Å². The zero-order valence-electron chi connectivity index (χ0n) is 25.3. The SMILES string of the molecule is CC(=O)C1CCN(CCCN2CCN(C(=O)c3cc(C(F)(F)F)cc(C(F)(F)F)c3)[C@H](Cc3c[nH]c4ccccc34)C2)CC1.Cl.Cl. The highest BCUT2D eigenvalue weighted by Gasteiger charge is 2.39. The fourth-order valence-electron chi connectivity index (χ4n) is 6.44. The van der Waals surface area contributed by atoms with Gasteiger partial charge in [-0.05, 0) is 88.6 Å². The Kier molecular flexibility index (Phi) is 12.6. The normalized spacial score (nSPS) is 18.7. The summed E-state index contributed by atoms with van der Waals surface area (Å²) in [4.78, 5) is 34.6. The molecule has 0 radical (unpaired) electrons. The number of fused-ring (bicyclic) bond motifs is 1. The minimum absolute atomic E-state index is 0. The predicted molar refractivity (Wildman–Crippen MR) is 169 cm³/mol. The first-order valence-corrected chi connectivity index (χ1v) is 14.9. The summed E-state index contributed by atoms with van der Waals surface area (Å²) in [5.74, 6) is -0.483. The van der Waals surface area contributed by atoms with Gasteiger partial charge in [-0.15, -0.1) is 24.8 Å². The number of benzene rings is 2. The van der Waals surface area contributed by atoms with E-state index in [4.69, 9.17) is 0 Å². The molecule has 0 bridgehead atoms. The van der Waals surface area contributed by atoms with Crippen molar-refractivity contribution in [1.29, 1.82) is 0 Å². The molecule has 0 aliphatic carbocycles. The number of likely N-dealkylation sites (tertiary alicyclic amines) is 1. The molecular formula is C32H38Cl2F6N4O2. The largest absolute Gasteiger partial charge is 0.416 e. The van der Waals surface area contributed by atoms with Crippen LogP contribution in [0.25, 0.3) is 10.9 Å². The fourth-order valence-corrected chi connectivity index (χ4v) is 6.44. The highest BCUT2D eigenvalue weighted by atomic mass is 35.5. The number of piperidine rings is 1. The molecule has 2 aliphatic rings. The van der Waals surface area contributed by atoms with Gasteiger partial charge in [-0.3, -0.25) is 14.5 Å². The van der Waals surface area contributed by atoms with Crippen LogP contribution in [0.1, 0.15) is 53.2 Å². The quantitative estimate of drug-likeness (QED) is 0.256.